The number of benzene rings is 3. The summed E-state index contributed by atoms with van der Waals surface area (Å²) in [5, 5.41) is 12.9. The second-order valence-electron chi connectivity index (χ2n) is 17.2. The van der Waals surface area contributed by atoms with Crippen LogP contribution in [0.5, 0.6) is 0 Å². The molecule has 0 aliphatic carbocycles. The number of nitrogens with one attached hydrogen (secondary N) is 6. The average Bonchev–Trinajstić information content (AvgIpc) is 3.51. The molecule has 0 aliphatic heterocycles. The number of hydrogen-bond acceptors (Lipinski definition) is 11. The van der Waals surface area contributed by atoms with Crippen LogP contribution in [0.3, 0.4) is 0 Å². The molecule has 11 aromatic rings. The molecule has 0 aliphatic rings. The van der Waals surface area contributed by atoms with Crippen molar-refractivity contribution in [2.45, 2.75) is 66.0 Å². The third-order valence-corrected chi connectivity index (χ3v) is 12.7. The zero-order valence-electron chi connectivity index (χ0n) is 43.1. The summed E-state index contributed by atoms with van der Waals surface area (Å²) in [5.41, 5.74) is 1.18. The largest absolute Gasteiger partial charge is 0.412 e. The highest BCUT2D eigenvalue weighted by Gasteiger charge is 2.43. The van der Waals surface area contributed by atoms with E-state index in [1.807, 2.05) is 82.3 Å². The summed E-state index contributed by atoms with van der Waals surface area (Å²) in [6.45, 7) is 11.0. The predicted molar refractivity (Wildman–Crippen MR) is 307 cm³/mol. The summed E-state index contributed by atoms with van der Waals surface area (Å²) >= 11 is 9.49. The third kappa shape index (κ3) is 13.1. The zero-order chi connectivity index (χ0) is 57.2. The van der Waals surface area contributed by atoms with Crippen LogP contribution in [0.2, 0.25) is 5.02 Å². The van der Waals surface area contributed by atoms with Crippen molar-refractivity contribution in [2.75, 3.05) is 16.0 Å². The number of nitrogens with zero attached hydrogens (tertiary/aromatic N) is 5. The Balaban J connectivity index is 0.000000167. The molecule has 2 unspecified atom stereocenters. The van der Waals surface area contributed by atoms with Gasteiger partial charge in [0, 0.05) is 96.4 Å². The van der Waals surface area contributed by atoms with Crippen LogP contribution in [0.15, 0.2) is 165 Å². The Morgan fingerprint density at radius 1 is 0.532 bits per heavy atom. The minimum Gasteiger partial charge on any atom is -0.358 e. The maximum atomic E-state index is 13.8. The van der Waals surface area contributed by atoms with Crippen LogP contribution in [0.1, 0.15) is 53.1 Å². The van der Waals surface area contributed by atoms with Gasteiger partial charge in [0.25, 0.3) is 16.7 Å². The first kappa shape index (κ1) is 58.3. The molecule has 6 N–H and O–H groups in total. The molecule has 2 atom stereocenters. The van der Waals surface area contributed by atoms with Crippen molar-refractivity contribution in [3.8, 4) is 0 Å². The Hall–Kier alpha value is -8.43. The van der Waals surface area contributed by atoms with Crippen LogP contribution < -0.4 is 32.6 Å². The maximum Gasteiger partial charge on any atom is 0.412 e. The number of pyridine rings is 8. The predicted octanol–water partition coefficient (Wildman–Crippen LogP) is 14.9. The topological polar surface area (TPSA) is 199 Å². The van der Waals surface area contributed by atoms with Gasteiger partial charge in [0.2, 0.25) is 0 Å². The van der Waals surface area contributed by atoms with Gasteiger partial charge in [-0.3, -0.25) is 24.4 Å². The smallest absolute Gasteiger partial charge is 0.358 e. The highest BCUT2D eigenvalue weighted by atomic mass is 79.9. The Morgan fingerprint density at radius 2 is 0.987 bits per heavy atom. The van der Waals surface area contributed by atoms with Crippen molar-refractivity contribution in [1.29, 1.82) is 0 Å². The van der Waals surface area contributed by atoms with E-state index >= 15 is 0 Å². The fourth-order valence-electron chi connectivity index (χ4n) is 8.47. The SMILES string of the molecule is CC.CC.CC(C)C(Nc1nc2cc[nH]c(=O)c2c2cnccc12)C(F)(F)F.O=c1[nH]ccc2nc(NC(c3ccccc3Cl)C(F)(F)F)c3ccncc3c12.O=c1[nH]ccc2nc(Nc3ccccc3)c3ccc(Br)cc3c12. The van der Waals surface area contributed by atoms with Crippen LogP contribution in [0.4, 0.5) is 49.5 Å². The van der Waals surface area contributed by atoms with E-state index in [0.29, 0.717) is 43.4 Å². The molecule has 0 bridgehead atoms. The number of H-pyrrole nitrogens is 3. The molecule has 8 heterocycles. The first-order valence-corrected chi connectivity index (χ1v) is 25.9. The lowest BCUT2D eigenvalue weighted by Crippen LogP contribution is -2.40. The molecule has 8 aromatic heterocycles. The highest BCUT2D eigenvalue weighted by Crippen LogP contribution is 2.40. The first-order chi connectivity index (χ1) is 37.9. The first-order valence-electron chi connectivity index (χ1n) is 24.7. The van der Waals surface area contributed by atoms with Crippen molar-refractivity contribution < 1.29 is 26.3 Å². The summed E-state index contributed by atoms with van der Waals surface area (Å²) in [6, 6.07) is 25.6. The van der Waals surface area contributed by atoms with Gasteiger partial charge in [-0.25, -0.2) is 15.0 Å². The second kappa shape index (κ2) is 25.4. The molecule has 0 radical (unpaired) electrons. The van der Waals surface area contributed by atoms with Crippen LogP contribution >= 0.6 is 27.5 Å². The maximum absolute atomic E-state index is 13.8. The Morgan fingerprint density at radius 3 is 1.47 bits per heavy atom. The summed E-state index contributed by atoms with van der Waals surface area (Å²) in [6.07, 6.45) is 1.13. The van der Waals surface area contributed by atoms with Crippen molar-refractivity contribution in [1.82, 2.24) is 39.9 Å². The fraction of sp³-hybridized carbons (Fsp3) is 0.193. The third-order valence-electron chi connectivity index (χ3n) is 11.9. The summed E-state index contributed by atoms with van der Waals surface area (Å²) in [7, 11) is 0. The van der Waals surface area contributed by atoms with Gasteiger partial charge < -0.3 is 30.9 Å². The molecular formula is C57H51BrClF6N11O3. The Labute approximate surface area is 460 Å². The molecule has 0 saturated carbocycles. The number of fused-ring (bicyclic) bond motifs is 9. The normalized spacial score (nSPS) is 12.1. The van der Waals surface area contributed by atoms with Crippen molar-refractivity contribution >= 4 is 116 Å². The lowest BCUT2D eigenvalue weighted by molar-refractivity contribution is -0.150. The average molecular weight is 1170 g/mol. The van der Waals surface area contributed by atoms with Gasteiger partial charge in [0.15, 0.2) is 6.04 Å². The van der Waals surface area contributed by atoms with Gasteiger partial charge >= 0.3 is 12.4 Å². The Kier molecular flexibility index (Phi) is 18.7. The van der Waals surface area contributed by atoms with E-state index in [-0.39, 0.29) is 44.2 Å². The molecule has 0 amide bonds. The van der Waals surface area contributed by atoms with Gasteiger partial charge in [-0.1, -0.05) is 105 Å². The lowest BCUT2D eigenvalue weighted by atomic mass is 10.0. The molecule has 11 rings (SSSR count). The van der Waals surface area contributed by atoms with E-state index in [4.69, 9.17) is 11.6 Å². The number of para-hydroxylation sites is 1. The molecule has 14 nitrogen and oxygen atoms in total. The minimum atomic E-state index is -4.63. The molecule has 3 aromatic carbocycles. The van der Waals surface area contributed by atoms with E-state index in [2.05, 4.69) is 71.8 Å². The number of aromatic amines is 3. The number of aromatic nitrogens is 8. The number of anilines is 4. The lowest BCUT2D eigenvalue weighted by Gasteiger charge is -2.26. The number of hydrogen-bond donors (Lipinski definition) is 6. The number of alkyl halides is 6. The monoisotopic (exact) mass is 1170 g/mol. The second-order valence-corrected chi connectivity index (χ2v) is 18.5. The van der Waals surface area contributed by atoms with Crippen molar-refractivity contribution in [3.05, 3.63) is 193 Å². The minimum absolute atomic E-state index is 0.0134. The van der Waals surface area contributed by atoms with Crippen molar-refractivity contribution in [2.24, 2.45) is 5.92 Å². The molecule has 0 saturated heterocycles. The van der Waals surface area contributed by atoms with Gasteiger partial charge in [0.1, 0.15) is 23.5 Å². The van der Waals surface area contributed by atoms with E-state index in [1.165, 1.54) is 81.4 Å². The standard InChI is InChI=1S/C19H12ClF3N4O.C18H12BrN3O.C16H15F3N4O.2C2H6/c20-13-4-2-1-3-11(13)16(19(21,22)23)27-17-10-5-7-24-9-12(10)15-14(26-17)6-8-25-18(15)28;19-11-6-7-13-14(10-11)16-15(8-9-20-18(16)23)22-17(13)21-12-4-2-1-3-5-12;1-8(2)13(16(17,18)19)23-14-9-3-5-20-7-10(9)12-11(22-14)4-6-21-15(12)24;2*1-2/h1-9,16H,(H,25,28)(H,26,27);1-10H,(H,20,23)(H,21,22);3-8,13H,1-2H3,(H,21,24)(H,22,23);2*1-2H3. The molecular weight excluding hydrogens is 1120 g/mol. The van der Waals surface area contributed by atoms with Crippen LogP contribution in [0, 0.1) is 5.92 Å². The quantitative estimate of drug-likeness (QED) is 0.0625. The van der Waals surface area contributed by atoms with Crippen LogP contribution in [-0.4, -0.2) is 58.3 Å². The molecule has 0 spiro atoms. The van der Waals surface area contributed by atoms with E-state index in [9.17, 15) is 40.7 Å². The molecule has 22 heteroatoms. The van der Waals surface area contributed by atoms with E-state index in [1.54, 1.807) is 24.4 Å². The zero-order valence-corrected chi connectivity index (χ0v) is 45.4. The molecule has 408 valence electrons. The summed E-state index contributed by atoms with van der Waals surface area (Å²) in [4.78, 5) is 65.5. The van der Waals surface area contributed by atoms with Gasteiger partial charge in [-0.05, 0) is 72.6 Å². The Bertz CT molecular complexity index is 4110. The van der Waals surface area contributed by atoms with Crippen LogP contribution in [-0.2, 0) is 0 Å². The summed E-state index contributed by atoms with van der Waals surface area (Å²) in [5.74, 6) is 0.120. The number of rotatable bonds is 8. The number of halogens is 8. The van der Waals surface area contributed by atoms with Gasteiger partial charge in [0.05, 0.1) is 32.7 Å². The van der Waals surface area contributed by atoms with Crippen molar-refractivity contribution in [3.63, 3.8) is 0 Å². The molecule has 79 heavy (non-hydrogen) atoms. The van der Waals surface area contributed by atoms with E-state index < -0.39 is 35.9 Å². The highest BCUT2D eigenvalue weighted by molar-refractivity contribution is 9.10. The fourth-order valence-corrected chi connectivity index (χ4v) is 9.07. The van der Waals surface area contributed by atoms with E-state index in [0.717, 1.165) is 26.8 Å². The molecule has 0 fully saturated rings. The van der Waals surface area contributed by atoms with Gasteiger partial charge in [-0.15, -0.1) is 0 Å². The van der Waals surface area contributed by atoms with Gasteiger partial charge in [-0.2, -0.15) is 26.3 Å². The summed E-state index contributed by atoms with van der Waals surface area (Å²) < 4.78 is 82.3. The van der Waals surface area contributed by atoms with Crippen LogP contribution in [0.25, 0.3) is 65.0 Å².